The van der Waals surface area contributed by atoms with E-state index in [1.54, 1.807) is 24.3 Å². The van der Waals surface area contributed by atoms with Gasteiger partial charge in [-0.25, -0.2) is 4.98 Å². The number of nitrogens with zero attached hydrogens (tertiary/aromatic N) is 1. The number of aromatic nitrogens is 1. The first-order valence-electron chi connectivity index (χ1n) is 5.41. The Labute approximate surface area is 103 Å². The summed E-state index contributed by atoms with van der Waals surface area (Å²) < 4.78 is 5.16. The Bertz CT molecular complexity index is 560. The molecule has 1 N–H and O–H groups in total. The molecule has 1 aromatic carbocycles. The minimum atomic E-state index is -0.986. The van der Waals surface area contributed by atoms with E-state index < -0.39 is 5.97 Å². The standard InChI is InChI=1S/C13H11NO4/c15-11(5-6-13(16)17)9-3-1-2-4-10(9)12-7-14-8-18-12/h1-4,7-8H,5-6H2,(H,16,17). The molecule has 0 aliphatic heterocycles. The van der Waals surface area contributed by atoms with Gasteiger partial charge in [0.1, 0.15) is 0 Å². The molecule has 0 spiro atoms. The highest BCUT2D eigenvalue weighted by Crippen LogP contribution is 2.24. The van der Waals surface area contributed by atoms with Gasteiger partial charge in [-0.3, -0.25) is 9.59 Å². The van der Waals surface area contributed by atoms with Crippen molar-refractivity contribution in [2.75, 3.05) is 0 Å². The SMILES string of the molecule is O=C(O)CCC(=O)c1ccccc1-c1cnco1. The van der Waals surface area contributed by atoms with Crippen molar-refractivity contribution in [1.82, 2.24) is 4.98 Å². The van der Waals surface area contributed by atoms with Gasteiger partial charge in [0.2, 0.25) is 0 Å². The highest BCUT2D eigenvalue weighted by molar-refractivity contribution is 6.02. The molecule has 18 heavy (non-hydrogen) atoms. The van der Waals surface area contributed by atoms with Crippen molar-refractivity contribution in [2.24, 2.45) is 0 Å². The van der Waals surface area contributed by atoms with E-state index in [-0.39, 0.29) is 18.6 Å². The first-order chi connectivity index (χ1) is 8.68. The maximum Gasteiger partial charge on any atom is 0.303 e. The molecule has 5 nitrogen and oxygen atoms in total. The van der Waals surface area contributed by atoms with Gasteiger partial charge in [0.15, 0.2) is 17.9 Å². The molecule has 0 saturated heterocycles. The monoisotopic (exact) mass is 245 g/mol. The van der Waals surface area contributed by atoms with Gasteiger partial charge in [-0.2, -0.15) is 0 Å². The average Bonchev–Trinajstić information content (AvgIpc) is 2.89. The van der Waals surface area contributed by atoms with Crippen molar-refractivity contribution in [1.29, 1.82) is 0 Å². The number of oxazole rings is 1. The molecule has 1 heterocycles. The number of ketones is 1. The maximum atomic E-state index is 11.9. The zero-order chi connectivity index (χ0) is 13.0. The van der Waals surface area contributed by atoms with Crippen LogP contribution >= 0.6 is 0 Å². The zero-order valence-corrected chi connectivity index (χ0v) is 9.50. The van der Waals surface area contributed by atoms with Crippen LogP contribution in [0.5, 0.6) is 0 Å². The number of carboxylic acid groups (broad SMARTS) is 1. The number of hydrogen-bond acceptors (Lipinski definition) is 4. The molecule has 0 aliphatic rings. The smallest absolute Gasteiger partial charge is 0.303 e. The highest BCUT2D eigenvalue weighted by atomic mass is 16.4. The lowest BCUT2D eigenvalue weighted by atomic mass is 9.99. The van der Waals surface area contributed by atoms with Gasteiger partial charge in [0.05, 0.1) is 12.6 Å². The van der Waals surface area contributed by atoms with Crippen LogP contribution in [0.4, 0.5) is 0 Å². The minimum Gasteiger partial charge on any atom is -0.481 e. The number of aliphatic carboxylic acids is 1. The summed E-state index contributed by atoms with van der Waals surface area (Å²) in [4.78, 5) is 26.2. The van der Waals surface area contributed by atoms with Crippen molar-refractivity contribution in [2.45, 2.75) is 12.8 Å². The Morgan fingerprint density at radius 3 is 2.67 bits per heavy atom. The molecular weight excluding hydrogens is 234 g/mol. The largest absolute Gasteiger partial charge is 0.481 e. The number of carbonyl (C=O) groups is 2. The summed E-state index contributed by atoms with van der Waals surface area (Å²) >= 11 is 0. The Kier molecular flexibility index (Phi) is 3.52. The summed E-state index contributed by atoms with van der Waals surface area (Å²) in [5.41, 5.74) is 1.08. The Morgan fingerprint density at radius 1 is 1.22 bits per heavy atom. The number of rotatable bonds is 5. The molecule has 0 atom stereocenters. The van der Waals surface area contributed by atoms with E-state index in [0.29, 0.717) is 16.9 Å². The van der Waals surface area contributed by atoms with Crippen molar-refractivity contribution < 1.29 is 19.1 Å². The van der Waals surface area contributed by atoms with Crippen molar-refractivity contribution in [3.8, 4) is 11.3 Å². The van der Waals surface area contributed by atoms with Gasteiger partial charge in [0.25, 0.3) is 0 Å². The molecule has 0 amide bonds. The third kappa shape index (κ3) is 2.63. The summed E-state index contributed by atoms with van der Waals surface area (Å²) in [7, 11) is 0. The first kappa shape index (κ1) is 12.0. The van der Waals surface area contributed by atoms with Crippen molar-refractivity contribution in [3.05, 3.63) is 42.4 Å². The Morgan fingerprint density at radius 2 is 2.00 bits per heavy atom. The summed E-state index contributed by atoms with van der Waals surface area (Å²) in [5, 5.41) is 8.58. The van der Waals surface area contributed by atoms with E-state index in [0.717, 1.165) is 0 Å². The van der Waals surface area contributed by atoms with E-state index in [1.165, 1.54) is 12.6 Å². The molecule has 2 rings (SSSR count). The predicted molar refractivity (Wildman–Crippen MR) is 63.1 cm³/mol. The van der Waals surface area contributed by atoms with E-state index >= 15 is 0 Å². The average molecular weight is 245 g/mol. The fraction of sp³-hybridized carbons (Fsp3) is 0.154. The molecule has 0 bridgehead atoms. The van der Waals surface area contributed by atoms with Crippen molar-refractivity contribution >= 4 is 11.8 Å². The lowest BCUT2D eigenvalue weighted by molar-refractivity contribution is -0.136. The minimum absolute atomic E-state index is 0.0273. The van der Waals surface area contributed by atoms with Gasteiger partial charge in [0, 0.05) is 17.5 Å². The predicted octanol–water partition coefficient (Wildman–Crippen LogP) is 2.39. The van der Waals surface area contributed by atoms with Crippen LogP contribution in [0.1, 0.15) is 23.2 Å². The molecule has 2 aromatic rings. The lowest BCUT2D eigenvalue weighted by Crippen LogP contribution is -2.05. The van der Waals surface area contributed by atoms with Gasteiger partial charge in [-0.15, -0.1) is 0 Å². The van der Waals surface area contributed by atoms with Crippen LogP contribution in [-0.4, -0.2) is 21.8 Å². The summed E-state index contributed by atoms with van der Waals surface area (Å²) in [6, 6.07) is 6.91. The van der Waals surface area contributed by atoms with Gasteiger partial charge in [-0.1, -0.05) is 24.3 Å². The topological polar surface area (TPSA) is 80.4 Å². The molecule has 0 unspecified atom stereocenters. The third-order valence-corrected chi connectivity index (χ3v) is 2.49. The molecule has 0 fully saturated rings. The second-order valence-corrected chi connectivity index (χ2v) is 3.73. The van der Waals surface area contributed by atoms with Crippen LogP contribution in [0, 0.1) is 0 Å². The summed E-state index contributed by atoms with van der Waals surface area (Å²) in [6.07, 6.45) is 2.60. The Balaban J connectivity index is 2.28. The zero-order valence-electron chi connectivity index (χ0n) is 9.50. The summed E-state index contributed by atoms with van der Waals surface area (Å²) in [5.74, 6) is -0.709. The molecular formula is C13H11NO4. The normalized spacial score (nSPS) is 10.2. The fourth-order valence-electron chi connectivity index (χ4n) is 1.65. The molecule has 0 aliphatic carbocycles. The van der Waals surface area contributed by atoms with Crippen LogP contribution < -0.4 is 0 Å². The molecule has 0 saturated carbocycles. The number of benzene rings is 1. The highest BCUT2D eigenvalue weighted by Gasteiger charge is 2.15. The third-order valence-electron chi connectivity index (χ3n) is 2.49. The van der Waals surface area contributed by atoms with Crippen LogP contribution in [-0.2, 0) is 4.79 Å². The number of carbonyl (C=O) groups excluding carboxylic acids is 1. The quantitative estimate of drug-likeness (QED) is 0.818. The fourth-order valence-corrected chi connectivity index (χ4v) is 1.65. The van der Waals surface area contributed by atoms with Crippen LogP contribution in [0.15, 0.2) is 41.3 Å². The molecule has 92 valence electrons. The number of Topliss-reactive ketones (excluding diaryl/α,β-unsaturated/α-hetero) is 1. The summed E-state index contributed by atoms with van der Waals surface area (Å²) in [6.45, 7) is 0. The van der Waals surface area contributed by atoms with Gasteiger partial charge >= 0.3 is 5.97 Å². The number of hydrogen-bond donors (Lipinski definition) is 1. The first-order valence-corrected chi connectivity index (χ1v) is 5.41. The maximum absolute atomic E-state index is 11.9. The van der Waals surface area contributed by atoms with Crippen LogP contribution in [0.2, 0.25) is 0 Å². The van der Waals surface area contributed by atoms with Gasteiger partial charge < -0.3 is 9.52 Å². The van der Waals surface area contributed by atoms with Crippen LogP contribution in [0.25, 0.3) is 11.3 Å². The second kappa shape index (κ2) is 5.27. The van der Waals surface area contributed by atoms with Crippen LogP contribution in [0.3, 0.4) is 0 Å². The lowest BCUT2D eigenvalue weighted by Gasteiger charge is -2.04. The van der Waals surface area contributed by atoms with E-state index in [4.69, 9.17) is 9.52 Å². The van der Waals surface area contributed by atoms with Gasteiger partial charge in [-0.05, 0) is 0 Å². The van der Waals surface area contributed by atoms with E-state index in [9.17, 15) is 9.59 Å². The van der Waals surface area contributed by atoms with Crippen molar-refractivity contribution in [3.63, 3.8) is 0 Å². The van der Waals surface area contributed by atoms with E-state index in [2.05, 4.69) is 4.98 Å². The molecule has 5 heteroatoms. The molecule has 0 radical (unpaired) electrons. The van der Waals surface area contributed by atoms with E-state index in [1.807, 2.05) is 0 Å². The Hall–Kier alpha value is -2.43. The number of carboxylic acids is 1. The molecule has 1 aromatic heterocycles. The second-order valence-electron chi connectivity index (χ2n) is 3.73.